The molecule has 0 aliphatic heterocycles. The summed E-state index contributed by atoms with van der Waals surface area (Å²) in [5.74, 6) is 0.270. The largest absolute Gasteiger partial charge is 0.310 e. The maximum Gasteiger partial charge on any atom is 0.260 e. The molecule has 0 saturated heterocycles. The molecule has 0 amide bonds. The summed E-state index contributed by atoms with van der Waals surface area (Å²) in [6, 6.07) is 5.03. The van der Waals surface area contributed by atoms with Crippen LogP contribution in [0, 0.1) is 33.5 Å². The minimum absolute atomic E-state index is 0.163. The van der Waals surface area contributed by atoms with Crippen molar-refractivity contribution in [1.82, 2.24) is 14.5 Å². The third-order valence-electron chi connectivity index (χ3n) is 3.90. The van der Waals surface area contributed by atoms with Crippen LogP contribution in [0.15, 0.2) is 23.0 Å². The zero-order valence-electron chi connectivity index (χ0n) is 12.4. The number of benzene rings is 1. The van der Waals surface area contributed by atoms with E-state index in [1.807, 2.05) is 24.5 Å². The number of fused-ring (bicyclic) bond motifs is 1. The average molecular weight is 285 g/mol. The van der Waals surface area contributed by atoms with E-state index in [2.05, 4.69) is 9.97 Å². The van der Waals surface area contributed by atoms with Crippen LogP contribution in [-0.4, -0.2) is 14.5 Å². The maximum atomic E-state index is 13.9. The van der Waals surface area contributed by atoms with E-state index in [4.69, 9.17) is 0 Å². The van der Waals surface area contributed by atoms with Gasteiger partial charge < -0.3 is 4.98 Å². The normalized spacial score (nSPS) is 11.3. The number of nitrogens with one attached hydrogen (secondary N) is 1. The number of hydrogen-bond acceptors (Lipinski definition) is 2. The highest BCUT2D eigenvalue weighted by Crippen LogP contribution is 2.25. The fourth-order valence-corrected chi connectivity index (χ4v) is 2.62. The van der Waals surface area contributed by atoms with Crippen molar-refractivity contribution >= 4 is 11.0 Å². The van der Waals surface area contributed by atoms with Crippen molar-refractivity contribution in [3.8, 4) is 5.69 Å². The second-order valence-electron chi connectivity index (χ2n) is 5.33. The molecule has 2 aromatic heterocycles. The summed E-state index contributed by atoms with van der Waals surface area (Å²) in [5, 5.41) is 0.555. The number of nitrogens with zero attached hydrogens (tertiary/aromatic N) is 2. The Labute approximate surface area is 121 Å². The van der Waals surface area contributed by atoms with Gasteiger partial charge in [0.2, 0.25) is 0 Å². The van der Waals surface area contributed by atoms with Crippen LogP contribution >= 0.6 is 0 Å². The number of aromatic nitrogens is 3. The molecule has 21 heavy (non-hydrogen) atoms. The summed E-state index contributed by atoms with van der Waals surface area (Å²) in [5.41, 5.74) is 3.41. The van der Waals surface area contributed by atoms with E-state index in [0.717, 1.165) is 11.3 Å². The van der Waals surface area contributed by atoms with E-state index in [9.17, 15) is 9.18 Å². The van der Waals surface area contributed by atoms with Crippen LogP contribution in [0.2, 0.25) is 0 Å². The fourth-order valence-electron chi connectivity index (χ4n) is 2.62. The zero-order valence-corrected chi connectivity index (χ0v) is 12.4. The molecule has 0 saturated carbocycles. The van der Waals surface area contributed by atoms with E-state index < -0.39 is 0 Å². The Bertz CT molecular complexity index is 921. The first kappa shape index (κ1) is 13.5. The minimum atomic E-state index is -0.270. The molecule has 0 bridgehead atoms. The van der Waals surface area contributed by atoms with E-state index >= 15 is 0 Å². The highest BCUT2D eigenvalue weighted by molar-refractivity contribution is 5.83. The van der Waals surface area contributed by atoms with E-state index in [0.29, 0.717) is 28.1 Å². The molecule has 5 heteroatoms. The lowest BCUT2D eigenvalue weighted by Gasteiger charge is -2.09. The minimum Gasteiger partial charge on any atom is -0.310 e. The van der Waals surface area contributed by atoms with Crippen molar-refractivity contribution in [2.24, 2.45) is 0 Å². The van der Waals surface area contributed by atoms with E-state index in [-0.39, 0.29) is 11.4 Å². The van der Waals surface area contributed by atoms with Gasteiger partial charge in [0, 0.05) is 5.69 Å². The molecule has 3 rings (SSSR count). The number of aryl methyl sites for hydroxylation is 3. The van der Waals surface area contributed by atoms with Gasteiger partial charge in [0.15, 0.2) is 5.65 Å². The van der Waals surface area contributed by atoms with Gasteiger partial charge in [0.25, 0.3) is 5.56 Å². The van der Waals surface area contributed by atoms with Gasteiger partial charge in [-0.3, -0.25) is 9.36 Å². The Morgan fingerprint density at radius 1 is 1.19 bits per heavy atom. The van der Waals surface area contributed by atoms with Crippen molar-refractivity contribution in [2.45, 2.75) is 27.7 Å². The van der Waals surface area contributed by atoms with Crippen molar-refractivity contribution in [3.05, 3.63) is 57.0 Å². The van der Waals surface area contributed by atoms with E-state index in [1.54, 1.807) is 19.9 Å². The number of rotatable bonds is 1. The summed E-state index contributed by atoms with van der Waals surface area (Å²) in [6.07, 6.45) is 0. The first-order valence-electron chi connectivity index (χ1n) is 6.75. The van der Waals surface area contributed by atoms with Crippen LogP contribution in [0.5, 0.6) is 0 Å². The van der Waals surface area contributed by atoms with Crippen molar-refractivity contribution in [1.29, 1.82) is 0 Å². The van der Waals surface area contributed by atoms with Crippen molar-refractivity contribution < 1.29 is 4.39 Å². The van der Waals surface area contributed by atoms with Gasteiger partial charge in [-0.15, -0.1) is 0 Å². The maximum absolute atomic E-state index is 13.9. The standard InChI is InChI=1S/C16H16FN3O/c1-8-5-6-12(7-13(8)17)20-10(3)9(2)14-15(20)18-11(4)19-16(14)21/h5-7H,1-4H3,(H,18,19,21). The number of halogens is 1. The van der Waals surface area contributed by atoms with Crippen LogP contribution in [0.1, 0.15) is 22.6 Å². The molecule has 3 aromatic rings. The van der Waals surface area contributed by atoms with Crippen LogP contribution in [0.3, 0.4) is 0 Å². The monoisotopic (exact) mass is 285 g/mol. The van der Waals surface area contributed by atoms with E-state index in [1.165, 1.54) is 6.07 Å². The smallest absolute Gasteiger partial charge is 0.260 e. The van der Waals surface area contributed by atoms with Crippen LogP contribution in [-0.2, 0) is 0 Å². The third kappa shape index (κ3) is 1.96. The summed E-state index contributed by atoms with van der Waals surface area (Å²) in [4.78, 5) is 19.3. The first-order chi connectivity index (χ1) is 9.90. The molecule has 0 fully saturated rings. The molecular formula is C16H16FN3O. The van der Waals surface area contributed by atoms with Gasteiger partial charge >= 0.3 is 0 Å². The molecule has 108 valence electrons. The second-order valence-corrected chi connectivity index (χ2v) is 5.33. The molecule has 0 aliphatic carbocycles. The van der Waals surface area contributed by atoms with Gasteiger partial charge in [-0.2, -0.15) is 0 Å². The van der Waals surface area contributed by atoms with Gasteiger partial charge in [-0.1, -0.05) is 6.07 Å². The van der Waals surface area contributed by atoms with Gasteiger partial charge in [-0.05, 0) is 51.0 Å². The molecule has 4 nitrogen and oxygen atoms in total. The van der Waals surface area contributed by atoms with Crippen molar-refractivity contribution in [2.75, 3.05) is 0 Å². The third-order valence-corrected chi connectivity index (χ3v) is 3.90. The zero-order chi connectivity index (χ0) is 15.3. The van der Waals surface area contributed by atoms with Gasteiger partial charge in [0.1, 0.15) is 11.6 Å². The Morgan fingerprint density at radius 3 is 2.57 bits per heavy atom. The number of hydrogen-bond donors (Lipinski definition) is 1. The SMILES string of the molecule is Cc1nc2c(c(C)c(C)n2-c2ccc(C)c(F)c2)c(=O)[nH]1. The quantitative estimate of drug-likeness (QED) is 0.747. The number of aromatic amines is 1. The van der Waals surface area contributed by atoms with Crippen LogP contribution < -0.4 is 5.56 Å². The lowest BCUT2D eigenvalue weighted by molar-refractivity contribution is 0.617. The molecule has 0 unspecified atom stereocenters. The van der Waals surface area contributed by atoms with Crippen molar-refractivity contribution in [3.63, 3.8) is 0 Å². The summed E-state index contributed by atoms with van der Waals surface area (Å²) < 4.78 is 15.7. The summed E-state index contributed by atoms with van der Waals surface area (Å²) in [7, 11) is 0. The lowest BCUT2D eigenvalue weighted by atomic mass is 10.2. The second kappa shape index (κ2) is 4.55. The predicted molar refractivity (Wildman–Crippen MR) is 80.6 cm³/mol. The Balaban J connectivity index is 2.45. The molecule has 0 aliphatic rings. The van der Waals surface area contributed by atoms with Crippen LogP contribution in [0.25, 0.3) is 16.7 Å². The van der Waals surface area contributed by atoms with Crippen LogP contribution in [0.4, 0.5) is 4.39 Å². The number of H-pyrrole nitrogens is 1. The average Bonchev–Trinajstić information content (AvgIpc) is 2.65. The summed E-state index contributed by atoms with van der Waals surface area (Å²) in [6.45, 7) is 7.24. The molecule has 0 atom stereocenters. The highest BCUT2D eigenvalue weighted by Gasteiger charge is 2.17. The fraction of sp³-hybridized carbons (Fsp3) is 0.250. The Hall–Kier alpha value is -2.43. The first-order valence-corrected chi connectivity index (χ1v) is 6.75. The molecule has 0 radical (unpaired) electrons. The lowest BCUT2D eigenvalue weighted by Crippen LogP contribution is -2.10. The van der Waals surface area contributed by atoms with Gasteiger partial charge in [-0.25, -0.2) is 9.37 Å². The molecule has 1 N–H and O–H groups in total. The predicted octanol–water partition coefficient (Wildman–Crippen LogP) is 3.09. The summed E-state index contributed by atoms with van der Waals surface area (Å²) >= 11 is 0. The highest BCUT2D eigenvalue weighted by atomic mass is 19.1. The topological polar surface area (TPSA) is 50.7 Å². The molecule has 0 spiro atoms. The Kier molecular flexibility index (Phi) is 2.93. The molecule has 2 heterocycles. The molecular weight excluding hydrogens is 269 g/mol. The Morgan fingerprint density at radius 2 is 1.90 bits per heavy atom. The molecule has 1 aromatic carbocycles. The van der Waals surface area contributed by atoms with Gasteiger partial charge in [0.05, 0.1) is 11.1 Å².